The summed E-state index contributed by atoms with van der Waals surface area (Å²) in [7, 11) is 6.90. The first-order valence-electron chi connectivity index (χ1n) is 18.7. The third-order valence-corrected chi connectivity index (χ3v) is 14.4. The molecule has 1 unspecified atom stereocenters. The fourth-order valence-electron chi connectivity index (χ4n) is 10.5. The van der Waals surface area contributed by atoms with Gasteiger partial charge in [0.2, 0.25) is 6.79 Å². The molecule has 294 valence electrons. The molecule has 2 fully saturated rings. The summed E-state index contributed by atoms with van der Waals surface area (Å²) in [5, 5.41) is 33.5. The van der Waals surface area contributed by atoms with E-state index in [9.17, 15) is 25.1 Å². The van der Waals surface area contributed by atoms with E-state index in [1.54, 1.807) is 12.1 Å². The summed E-state index contributed by atoms with van der Waals surface area (Å²) < 4.78 is 36.3. The van der Waals surface area contributed by atoms with Crippen LogP contribution in [0.2, 0.25) is 0 Å². The van der Waals surface area contributed by atoms with Gasteiger partial charge in [-0.2, -0.15) is 5.26 Å². The molecular weight excluding hydrogens is 741 g/mol. The van der Waals surface area contributed by atoms with Gasteiger partial charge in [-0.25, -0.2) is 4.79 Å². The van der Waals surface area contributed by atoms with Crippen LogP contribution in [0.4, 0.5) is 0 Å². The number of ether oxygens (including phenoxy) is 6. The molecule has 2 saturated heterocycles. The highest BCUT2D eigenvalue weighted by atomic mass is 32.2. The molecule has 7 aliphatic rings. The Hall–Kier alpha value is -4.88. The number of thioether (sulfide) groups is 1. The van der Waals surface area contributed by atoms with E-state index in [1.807, 2.05) is 38.9 Å². The fraction of sp³-hybridized carbons (Fsp3) is 0.488. The molecule has 15 heteroatoms. The Labute approximate surface area is 328 Å². The highest BCUT2D eigenvalue weighted by molar-refractivity contribution is 7.99. The molecule has 10 rings (SSSR count). The lowest BCUT2D eigenvalue weighted by atomic mass is 9.71. The maximum Gasteiger partial charge on any atom is 0.332 e. The summed E-state index contributed by atoms with van der Waals surface area (Å²) in [6, 6.07) is 5.34. The number of fused-ring (bicyclic) bond motifs is 9. The molecule has 0 aromatic heterocycles. The third kappa shape index (κ3) is 4.85. The van der Waals surface area contributed by atoms with Gasteiger partial charge in [0.1, 0.15) is 18.4 Å². The summed E-state index contributed by atoms with van der Waals surface area (Å²) in [5.41, 5.74) is 4.53. The number of esters is 2. The number of methoxy groups -OCH3 is 2. The molecule has 7 aliphatic heterocycles. The standard InChI is InChI=1S/C41H44N4O10S/c1-18-10-22-11-24-25(14-42)45-26-15-52-40(49)41(23-13-28(50-6)27(47)12-21(23)8-9-43(41)4)16-56-39(33(45)32(44(24)5)29(22)34(48)35(18)51-7)31-30(26)38-37(53-17-54-38)19(2)36(31)55-20(3)46/h10,12-13,24-26,32-33,39,47-48H,8-9,11,15-17H2,1-7H3/t24-,25-,26+,32+,33?,39+,41+/m0/s1. The third-order valence-electron chi connectivity index (χ3n) is 12.9. The van der Waals surface area contributed by atoms with Crippen molar-refractivity contribution in [3.05, 3.63) is 62.7 Å². The zero-order valence-corrected chi connectivity index (χ0v) is 33.1. The number of nitriles is 1. The lowest BCUT2D eigenvalue weighted by molar-refractivity contribution is -0.163. The van der Waals surface area contributed by atoms with Gasteiger partial charge in [-0.1, -0.05) is 6.07 Å². The zero-order valence-electron chi connectivity index (χ0n) is 32.3. The summed E-state index contributed by atoms with van der Waals surface area (Å²) in [6.07, 6.45) is 1.08. The molecule has 56 heavy (non-hydrogen) atoms. The highest BCUT2D eigenvalue weighted by Crippen LogP contribution is 2.65. The minimum Gasteiger partial charge on any atom is -0.504 e. The van der Waals surface area contributed by atoms with Crippen molar-refractivity contribution in [2.45, 2.75) is 74.6 Å². The first-order chi connectivity index (χ1) is 26.9. The zero-order chi connectivity index (χ0) is 39.5. The first-order valence-corrected chi connectivity index (χ1v) is 19.8. The molecule has 0 amide bonds. The summed E-state index contributed by atoms with van der Waals surface area (Å²) >= 11 is 1.50. The summed E-state index contributed by atoms with van der Waals surface area (Å²) in [4.78, 5) is 34.3. The molecule has 7 atom stereocenters. The van der Waals surface area contributed by atoms with Crippen LogP contribution in [0.25, 0.3) is 0 Å². The SMILES string of the molecule is COc1cc2c(cc1O)CCN(C)[C@]21CS[C@@H]2c3c(OC(C)=O)c(C)c4c(c3[C@@H](COC1=O)N1C2[C@H]2c3c(cc(C)c(OC)c3O)C[C@@H]([C@@H]1C#N)N2C)OCO4. The van der Waals surface area contributed by atoms with Crippen molar-refractivity contribution < 1.29 is 48.2 Å². The van der Waals surface area contributed by atoms with Crippen molar-refractivity contribution in [1.82, 2.24) is 14.7 Å². The van der Waals surface area contributed by atoms with Crippen LogP contribution in [-0.4, -0.2) is 109 Å². The van der Waals surface area contributed by atoms with Gasteiger partial charge in [0.15, 0.2) is 40.0 Å². The van der Waals surface area contributed by atoms with Crippen LogP contribution in [0.15, 0.2) is 18.2 Å². The fourth-order valence-corrected chi connectivity index (χ4v) is 12.3. The Kier molecular flexibility index (Phi) is 8.59. The van der Waals surface area contributed by atoms with Gasteiger partial charge >= 0.3 is 11.9 Å². The number of aryl methyl sites for hydroxylation is 1. The molecular formula is C41H44N4O10S. The topological polar surface area (TPSA) is 163 Å². The lowest BCUT2D eigenvalue weighted by Crippen LogP contribution is -2.69. The van der Waals surface area contributed by atoms with Crippen LogP contribution in [0.1, 0.15) is 68.8 Å². The van der Waals surface area contributed by atoms with E-state index < -0.39 is 46.9 Å². The van der Waals surface area contributed by atoms with Crippen LogP contribution in [0, 0.1) is 25.2 Å². The number of piperazine rings is 1. The average Bonchev–Trinajstić information content (AvgIpc) is 3.66. The van der Waals surface area contributed by atoms with Crippen LogP contribution in [0.5, 0.6) is 40.2 Å². The summed E-state index contributed by atoms with van der Waals surface area (Å²) in [6.45, 7) is 5.37. The first kappa shape index (κ1) is 36.7. The maximum absolute atomic E-state index is 15.0. The largest absolute Gasteiger partial charge is 0.504 e. The number of phenolic OH excluding ortho intramolecular Hbond substituents is 2. The molecule has 0 aliphatic carbocycles. The van der Waals surface area contributed by atoms with Crippen molar-refractivity contribution >= 4 is 23.7 Å². The number of hydrogen-bond acceptors (Lipinski definition) is 15. The van der Waals surface area contributed by atoms with Gasteiger partial charge in [-0.15, -0.1) is 11.8 Å². The smallest absolute Gasteiger partial charge is 0.332 e. The van der Waals surface area contributed by atoms with E-state index in [-0.39, 0.29) is 42.4 Å². The van der Waals surface area contributed by atoms with E-state index in [2.05, 4.69) is 15.9 Å². The molecule has 3 aromatic rings. The Morgan fingerprint density at radius 1 is 1.02 bits per heavy atom. The van der Waals surface area contributed by atoms with Gasteiger partial charge in [0, 0.05) is 53.6 Å². The Morgan fingerprint density at radius 2 is 1.79 bits per heavy atom. The van der Waals surface area contributed by atoms with E-state index in [1.165, 1.54) is 32.9 Å². The number of rotatable bonds is 3. The van der Waals surface area contributed by atoms with Crippen LogP contribution < -0.4 is 23.7 Å². The van der Waals surface area contributed by atoms with E-state index in [0.717, 1.165) is 16.7 Å². The van der Waals surface area contributed by atoms with E-state index >= 15 is 0 Å². The maximum atomic E-state index is 15.0. The molecule has 7 heterocycles. The predicted molar refractivity (Wildman–Crippen MR) is 203 cm³/mol. The highest BCUT2D eigenvalue weighted by Gasteiger charge is 2.62. The van der Waals surface area contributed by atoms with Gasteiger partial charge in [0.05, 0.1) is 37.6 Å². The van der Waals surface area contributed by atoms with Crippen molar-refractivity contribution in [1.29, 1.82) is 5.26 Å². The van der Waals surface area contributed by atoms with Gasteiger partial charge in [-0.05, 0) is 75.2 Å². The number of benzene rings is 3. The van der Waals surface area contributed by atoms with Crippen molar-refractivity contribution in [3.63, 3.8) is 0 Å². The van der Waals surface area contributed by atoms with Crippen LogP contribution >= 0.6 is 11.8 Å². The van der Waals surface area contributed by atoms with Gasteiger partial charge < -0.3 is 38.6 Å². The van der Waals surface area contributed by atoms with Crippen LogP contribution in [0.3, 0.4) is 0 Å². The minimum absolute atomic E-state index is 0.0168. The summed E-state index contributed by atoms with van der Waals surface area (Å²) in [5.74, 6) is 1.07. The minimum atomic E-state index is -1.32. The molecule has 2 N–H and O–H groups in total. The van der Waals surface area contributed by atoms with Crippen molar-refractivity contribution in [2.24, 2.45) is 0 Å². The van der Waals surface area contributed by atoms with Crippen molar-refractivity contribution in [3.8, 4) is 46.3 Å². The second-order valence-electron chi connectivity index (χ2n) is 15.5. The molecule has 14 nitrogen and oxygen atoms in total. The molecule has 0 radical (unpaired) electrons. The number of carbonyl (C=O) groups is 2. The molecule has 4 bridgehead atoms. The van der Waals surface area contributed by atoms with Gasteiger partial charge in [-0.3, -0.25) is 19.5 Å². The number of phenols is 2. The molecule has 0 saturated carbocycles. The number of carbonyl (C=O) groups excluding carboxylic acids is 2. The second-order valence-corrected chi connectivity index (χ2v) is 16.7. The number of aromatic hydroxyl groups is 2. The molecule has 3 aromatic carbocycles. The number of likely N-dealkylation sites (N-methyl/N-ethyl adjacent to an activating group) is 2. The van der Waals surface area contributed by atoms with Gasteiger partial charge in [0.25, 0.3) is 0 Å². The second kappa shape index (κ2) is 13.1. The van der Waals surface area contributed by atoms with E-state index in [0.29, 0.717) is 70.2 Å². The molecule has 1 spiro atoms. The Bertz CT molecular complexity index is 2260. The van der Waals surface area contributed by atoms with E-state index in [4.69, 9.17) is 28.4 Å². The quantitative estimate of drug-likeness (QED) is 0.285. The van der Waals surface area contributed by atoms with Crippen molar-refractivity contribution in [2.75, 3.05) is 54.0 Å². The predicted octanol–water partition coefficient (Wildman–Crippen LogP) is 4.33. The normalized spacial score (nSPS) is 29.0. The average molecular weight is 785 g/mol. The lowest BCUT2D eigenvalue weighted by Gasteiger charge is -2.62. The Balaban J connectivity index is 1.35. The van der Waals surface area contributed by atoms with Crippen LogP contribution in [-0.2, 0) is 32.7 Å². The Morgan fingerprint density at radius 3 is 2.50 bits per heavy atom. The monoisotopic (exact) mass is 784 g/mol. The number of hydrogen-bond donors (Lipinski definition) is 2. The number of nitrogens with zero attached hydrogens (tertiary/aromatic N) is 4.